The molecule has 0 radical (unpaired) electrons. The molecular formula is C13H9NO2. The molecule has 3 aliphatic rings. The van der Waals surface area contributed by atoms with Crippen LogP contribution in [0.1, 0.15) is 6.42 Å². The molecule has 1 unspecified atom stereocenters. The van der Waals surface area contributed by atoms with Crippen molar-refractivity contribution in [1.82, 2.24) is 0 Å². The molecule has 0 saturated heterocycles. The Morgan fingerprint density at radius 3 is 2.88 bits per heavy atom. The Hall–Kier alpha value is -2.03. The minimum atomic E-state index is -0.262. The molecule has 3 heteroatoms. The standard InChI is InChI=1S/C13H9NO2/c15-8-5-6-10-9-3-1-2-4-11(9)13(16)14-12(10)7-8/h1-6,11H,7H2. The van der Waals surface area contributed by atoms with Gasteiger partial charge in [0, 0.05) is 5.57 Å². The zero-order valence-electron chi connectivity index (χ0n) is 8.51. The van der Waals surface area contributed by atoms with E-state index in [1.165, 1.54) is 0 Å². The summed E-state index contributed by atoms with van der Waals surface area (Å²) in [7, 11) is 0. The molecule has 1 amide bonds. The number of rotatable bonds is 0. The molecular weight excluding hydrogens is 202 g/mol. The van der Waals surface area contributed by atoms with Gasteiger partial charge in [0.1, 0.15) is 0 Å². The number of hydrogen-bond acceptors (Lipinski definition) is 2. The molecule has 0 aromatic carbocycles. The van der Waals surface area contributed by atoms with Crippen LogP contribution in [0.15, 0.2) is 52.6 Å². The minimum absolute atomic E-state index is 0.00433. The van der Waals surface area contributed by atoms with Crippen LogP contribution in [0.25, 0.3) is 0 Å². The number of fused-ring (bicyclic) bond motifs is 2. The van der Waals surface area contributed by atoms with Gasteiger partial charge in [-0.05, 0) is 17.7 Å². The first kappa shape index (κ1) is 9.21. The second-order valence-electron chi connectivity index (χ2n) is 3.96. The monoisotopic (exact) mass is 211 g/mol. The van der Waals surface area contributed by atoms with Gasteiger partial charge in [-0.3, -0.25) is 9.59 Å². The van der Waals surface area contributed by atoms with Crippen molar-refractivity contribution in [1.29, 1.82) is 0 Å². The zero-order valence-corrected chi connectivity index (χ0v) is 8.51. The maximum Gasteiger partial charge on any atom is 0.257 e. The lowest BCUT2D eigenvalue weighted by molar-refractivity contribution is -0.119. The summed E-state index contributed by atoms with van der Waals surface area (Å²) in [5.74, 6) is -0.427. The van der Waals surface area contributed by atoms with Crippen LogP contribution in [0.4, 0.5) is 0 Å². The fourth-order valence-corrected chi connectivity index (χ4v) is 2.17. The number of aliphatic imine (C=N–C) groups is 1. The van der Waals surface area contributed by atoms with Crippen molar-refractivity contribution in [3.8, 4) is 0 Å². The smallest absolute Gasteiger partial charge is 0.257 e. The summed E-state index contributed by atoms with van der Waals surface area (Å²) in [5, 5.41) is 0. The van der Waals surface area contributed by atoms with Crippen LogP contribution in [0, 0.1) is 5.92 Å². The number of carbonyl (C=O) groups excluding carboxylic acids is 2. The molecule has 1 heterocycles. The van der Waals surface area contributed by atoms with E-state index < -0.39 is 0 Å². The number of nitrogens with zero attached hydrogens (tertiary/aromatic N) is 1. The molecule has 3 nitrogen and oxygen atoms in total. The quantitative estimate of drug-likeness (QED) is 0.610. The third kappa shape index (κ3) is 1.25. The fraction of sp³-hybridized carbons (Fsp3) is 0.154. The Labute approximate surface area is 92.6 Å². The van der Waals surface area contributed by atoms with Gasteiger partial charge in [0.15, 0.2) is 5.78 Å². The lowest BCUT2D eigenvalue weighted by Gasteiger charge is -2.24. The van der Waals surface area contributed by atoms with Gasteiger partial charge in [0.2, 0.25) is 0 Å². The van der Waals surface area contributed by atoms with E-state index in [2.05, 4.69) is 4.99 Å². The van der Waals surface area contributed by atoms with Crippen LogP contribution in [0.2, 0.25) is 0 Å². The summed E-state index contributed by atoms with van der Waals surface area (Å²) < 4.78 is 0. The van der Waals surface area contributed by atoms with E-state index >= 15 is 0 Å². The first-order valence-electron chi connectivity index (χ1n) is 5.17. The molecule has 0 aromatic heterocycles. The average molecular weight is 211 g/mol. The van der Waals surface area contributed by atoms with Crippen LogP contribution >= 0.6 is 0 Å². The van der Waals surface area contributed by atoms with Gasteiger partial charge in [-0.25, -0.2) is 4.99 Å². The predicted octanol–water partition coefficient (Wildman–Crippen LogP) is 1.54. The topological polar surface area (TPSA) is 46.5 Å². The fourth-order valence-electron chi connectivity index (χ4n) is 2.17. The first-order valence-corrected chi connectivity index (χ1v) is 5.17. The number of ketones is 1. The minimum Gasteiger partial charge on any atom is -0.294 e. The second-order valence-corrected chi connectivity index (χ2v) is 3.96. The van der Waals surface area contributed by atoms with E-state index in [0.717, 1.165) is 11.1 Å². The Kier molecular flexibility index (Phi) is 1.86. The van der Waals surface area contributed by atoms with Gasteiger partial charge in [-0.2, -0.15) is 0 Å². The lowest BCUT2D eigenvalue weighted by atomic mass is 9.82. The number of amides is 1. The highest BCUT2D eigenvalue weighted by molar-refractivity contribution is 6.23. The summed E-state index contributed by atoms with van der Waals surface area (Å²) in [6.45, 7) is 0. The Morgan fingerprint density at radius 2 is 2.00 bits per heavy atom. The summed E-state index contributed by atoms with van der Waals surface area (Å²) >= 11 is 0. The third-order valence-electron chi connectivity index (χ3n) is 2.94. The molecule has 0 aromatic rings. The molecule has 0 saturated carbocycles. The molecule has 1 aliphatic heterocycles. The SMILES string of the molecule is O=C1C=CC2=C3C=CC=CC3C(=O)N=C2C1. The number of hydrogen-bond donors (Lipinski definition) is 0. The highest BCUT2D eigenvalue weighted by Crippen LogP contribution is 2.31. The Morgan fingerprint density at radius 1 is 1.12 bits per heavy atom. The van der Waals surface area contributed by atoms with E-state index in [4.69, 9.17) is 0 Å². The molecule has 0 N–H and O–H groups in total. The largest absolute Gasteiger partial charge is 0.294 e. The van der Waals surface area contributed by atoms with Crippen molar-refractivity contribution in [2.45, 2.75) is 6.42 Å². The van der Waals surface area contributed by atoms with Gasteiger partial charge < -0.3 is 0 Å². The highest BCUT2D eigenvalue weighted by atomic mass is 16.1. The van der Waals surface area contributed by atoms with E-state index in [-0.39, 0.29) is 24.0 Å². The molecule has 0 fully saturated rings. The van der Waals surface area contributed by atoms with Crippen LogP contribution in [-0.4, -0.2) is 17.4 Å². The molecule has 3 rings (SSSR count). The molecule has 16 heavy (non-hydrogen) atoms. The predicted molar refractivity (Wildman–Crippen MR) is 60.0 cm³/mol. The van der Waals surface area contributed by atoms with Crippen LogP contribution in [0.3, 0.4) is 0 Å². The maximum atomic E-state index is 11.7. The number of allylic oxidation sites excluding steroid dienone is 6. The molecule has 0 bridgehead atoms. The van der Waals surface area contributed by atoms with Crippen molar-refractivity contribution in [3.63, 3.8) is 0 Å². The molecule has 78 valence electrons. The average Bonchev–Trinajstić information content (AvgIpc) is 2.29. The molecule has 0 spiro atoms. The van der Waals surface area contributed by atoms with Crippen LogP contribution in [-0.2, 0) is 9.59 Å². The Bertz CT molecular complexity index is 544. The summed E-state index contributed by atoms with van der Waals surface area (Å²) in [6.07, 6.45) is 11.1. The number of carbonyl (C=O) groups is 2. The highest BCUT2D eigenvalue weighted by Gasteiger charge is 2.30. The normalized spacial score (nSPS) is 26.8. The maximum absolute atomic E-state index is 11.7. The lowest BCUT2D eigenvalue weighted by Crippen LogP contribution is -2.26. The summed E-state index contributed by atoms with van der Waals surface area (Å²) in [5.41, 5.74) is 2.51. The second kappa shape index (κ2) is 3.23. The van der Waals surface area contributed by atoms with E-state index in [1.54, 1.807) is 12.2 Å². The van der Waals surface area contributed by atoms with Crippen molar-refractivity contribution in [2.24, 2.45) is 10.9 Å². The van der Waals surface area contributed by atoms with Crippen molar-refractivity contribution >= 4 is 17.4 Å². The van der Waals surface area contributed by atoms with Crippen LogP contribution < -0.4 is 0 Å². The first-order chi connectivity index (χ1) is 7.75. The van der Waals surface area contributed by atoms with E-state index in [1.807, 2.05) is 24.3 Å². The molecule has 1 atom stereocenters. The van der Waals surface area contributed by atoms with Gasteiger partial charge in [0.25, 0.3) is 5.91 Å². The third-order valence-corrected chi connectivity index (χ3v) is 2.94. The van der Waals surface area contributed by atoms with E-state index in [0.29, 0.717) is 5.71 Å². The van der Waals surface area contributed by atoms with E-state index in [9.17, 15) is 9.59 Å². The molecule has 2 aliphatic carbocycles. The van der Waals surface area contributed by atoms with Crippen molar-refractivity contribution in [3.05, 3.63) is 47.6 Å². The van der Waals surface area contributed by atoms with Crippen molar-refractivity contribution < 1.29 is 9.59 Å². The van der Waals surface area contributed by atoms with Gasteiger partial charge >= 0.3 is 0 Å². The summed E-state index contributed by atoms with van der Waals surface area (Å²) in [4.78, 5) is 27.0. The van der Waals surface area contributed by atoms with Crippen molar-refractivity contribution in [2.75, 3.05) is 0 Å². The van der Waals surface area contributed by atoms with Gasteiger partial charge in [0.05, 0.1) is 18.1 Å². The van der Waals surface area contributed by atoms with Gasteiger partial charge in [-0.15, -0.1) is 0 Å². The summed E-state index contributed by atoms with van der Waals surface area (Å²) in [6, 6.07) is 0. The Balaban J connectivity index is 2.20. The van der Waals surface area contributed by atoms with Gasteiger partial charge in [-0.1, -0.05) is 24.3 Å². The van der Waals surface area contributed by atoms with Crippen LogP contribution in [0.5, 0.6) is 0 Å². The zero-order chi connectivity index (χ0) is 11.1. The number of dihydropyridines is 1.